The molecule has 19 heavy (non-hydrogen) atoms. The number of unbranched alkanes of at least 4 members (excludes halogenated alkanes) is 8. The molecule has 0 rings (SSSR count). The molecule has 0 aliphatic carbocycles. The van der Waals surface area contributed by atoms with Crippen molar-refractivity contribution in [3.63, 3.8) is 0 Å². The first kappa shape index (κ1) is 18.4. The van der Waals surface area contributed by atoms with E-state index in [0.29, 0.717) is 19.6 Å². The molecule has 0 aromatic heterocycles. The maximum Gasteiger partial charge on any atom is 0.243 e. The van der Waals surface area contributed by atoms with Crippen LogP contribution in [0.25, 0.3) is 0 Å². The molecule has 0 atom stereocenters. The van der Waals surface area contributed by atoms with E-state index in [1.54, 1.807) is 7.11 Å². The molecular formula is C15H31NO3. The number of nitrogens with one attached hydrogen (secondary N) is 1. The molecule has 0 aromatic carbocycles. The minimum Gasteiger partial charge on any atom is -0.382 e. The molecule has 0 saturated carbocycles. The highest BCUT2D eigenvalue weighted by molar-refractivity contribution is 5.74. The summed E-state index contributed by atoms with van der Waals surface area (Å²) in [7, 11) is 1.60. The Bertz CT molecular complexity index is 198. The second-order valence-electron chi connectivity index (χ2n) is 4.94. The van der Waals surface area contributed by atoms with Crippen molar-refractivity contribution in [1.29, 1.82) is 0 Å². The monoisotopic (exact) mass is 273 g/mol. The summed E-state index contributed by atoms with van der Waals surface area (Å²) >= 11 is 0. The summed E-state index contributed by atoms with van der Waals surface area (Å²) in [5, 5.41) is 0. The van der Waals surface area contributed by atoms with Gasteiger partial charge < -0.3 is 4.74 Å². The number of hydroxylamine groups is 1. The Labute approximate surface area is 118 Å². The van der Waals surface area contributed by atoms with E-state index in [4.69, 9.17) is 9.57 Å². The number of carbonyl (C=O) groups is 1. The molecule has 1 N–H and O–H groups in total. The standard InChI is InChI=1S/C15H31NO3/c1-3-4-5-6-7-8-9-10-11-12-15(17)16-19-14-13-18-2/h3-14H2,1-2H3,(H,16,17). The van der Waals surface area contributed by atoms with Crippen LogP contribution in [0.1, 0.15) is 71.1 Å². The third-order valence-corrected chi connectivity index (χ3v) is 3.08. The zero-order valence-electron chi connectivity index (χ0n) is 12.7. The molecule has 0 bridgehead atoms. The van der Waals surface area contributed by atoms with Gasteiger partial charge in [0, 0.05) is 13.5 Å². The van der Waals surface area contributed by atoms with Crippen molar-refractivity contribution in [3.8, 4) is 0 Å². The zero-order chi connectivity index (χ0) is 14.2. The van der Waals surface area contributed by atoms with Crippen LogP contribution in [0.4, 0.5) is 0 Å². The van der Waals surface area contributed by atoms with Crippen LogP contribution in [-0.4, -0.2) is 26.2 Å². The van der Waals surface area contributed by atoms with Crippen molar-refractivity contribution in [2.45, 2.75) is 71.1 Å². The van der Waals surface area contributed by atoms with E-state index in [-0.39, 0.29) is 5.91 Å². The van der Waals surface area contributed by atoms with Crippen LogP contribution < -0.4 is 5.48 Å². The maximum absolute atomic E-state index is 11.3. The molecule has 114 valence electrons. The number of ether oxygens (including phenoxy) is 1. The average molecular weight is 273 g/mol. The number of amides is 1. The van der Waals surface area contributed by atoms with E-state index in [1.807, 2.05) is 0 Å². The Morgan fingerprint density at radius 3 is 2.05 bits per heavy atom. The predicted molar refractivity (Wildman–Crippen MR) is 77.8 cm³/mol. The summed E-state index contributed by atoms with van der Waals surface area (Å²) in [4.78, 5) is 16.3. The first-order valence-electron chi connectivity index (χ1n) is 7.70. The van der Waals surface area contributed by atoms with Crippen LogP contribution in [0.2, 0.25) is 0 Å². The van der Waals surface area contributed by atoms with Gasteiger partial charge in [0.1, 0.15) is 0 Å². The van der Waals surface area contributed by atoms with E-state index in [1.165, 1.54) is 44.9 Å². The Balaban J connectivity index is 3.10. The molecule has 0 heterocycles. The number of hydrogen-bond donors (Lipinski definition) is 1. The van der Waals surface area contributed by atoms with Crippen LogP contribution >= 0.6 is 0 Å². The highest BCUT2D eigenvalue weighted by Gasteiger charge is 2.00. The van der Waals surface area contributed by atoms with Gasteiger partial charge in [-0.15, -0.1) is 0 Å². The lowest BCUT2D eigenvalue weighted by Crippen LogP contribution is -2.25. The average Bonchev–Trinajstić information content (AvgIpc) is 2.42. The van der Waals surface area contributed by atoms with Gasteiger partial charge in [0.2, 0.25) is 5.91 Å². The normalized spacial score (nSPS) is 10.6. The number of methoxy groups -OCH3 is 1. The lowest BCUT2D eigenvalue weighted by molar-refractivity contribution is -0.134. The first-order chi connectivity index (χ1) is 9.31. The second-order valence-corrected chi connectivity index (χ2v) is 4.94. The van der Waals surface area contributed by atoms with Gasteiger partial charge in [-0.05, 0) is 6.42 Å². The summed E-state index contributed by atoms with van der Waals surface area (Å²) in [6.07, 6.45) is 11.9. The quantitative estimate of drug-likeness (QED) is 0.388. The smallest absolute Gasteiger partial charge is 0.243 e. The third-order valence-electron chi connectivity index (χ3n) is 3.08. The fourth-order valence-corrected chi connectivity index (χ4v) is 1.90. The number of hydrogen-bond acceptors (Lipinski definition) is 3. The highest BCUT2D eigenvalue weighted by Crippen LogP contribution is 2.10. The molecule has 4 heteroatoms. The number of rotatable bonds is 14. The van der Waals surface area contributed by atoms with Gasteiger partial charge in [-0.2, -0.15) is 0 Å². The van der Waals surface area contributed by atoms with E-state index in [0.717, 1.165) is 12.8 Å². The van der Waals surface area contributed by atoms with Crippen molar-refractivity contribution in [3.05, 3.63) is 0 Å². The van der Waals surface area contributed by atoms with Crippen molar-refractivity contribution in [2.24, 2.45) is 0 Å². The van der Waals surface area contributed by atoms with Crippen LogP contribution in [-0.2, 0) is 14.4 Å². The van der Waals surface area contributed by atoms with Crippen molar-refractivity contribution < 1.29 is 14.4 Å². The van der Waals surface area contributed by atoms with Gasteiger partial charge in [-0.1, -0.05) is 58.3 Å². The minimum atomic E-state index is -0.0287. The molecule has 0 unspecified atom stereocenters. The van der Waals surface area contributed by atoms with Crippen molar-refractivity contribution >= 4 is 5.91 Å². The summed E-state index contributed by atoms with van der Waals surface area (Å²) in [5.41, 5.74) is 2.42. The van der Waals surface area contributed by atoms with E-state index in [2.05, 4.69) is 12.4 Å². The van der Waals surface area contributed by atoms with E-state index < -0.39 is 0 Å². The molecule has 0 aliphatic heterocycles. The molecule has 0 aliphatic rings. The maximum atomic E-state index is 11.3. The van der Waals surface area contributed by atoms with Gasteiger partial charge in [-0.3, -0.25) is 9.63 Å². The van der Waals surface area contributed by atoms with Gasteiger partial charge in [0.05, 0.1) is 13.2 Å². The molecule has 0 saturated heterocycles. The van der Waals surface area contributed by atoms with Crippen molar-refractivity contribution in [1.82, 2.24) is 5.48 Å². The Morgan fingerprint density at radius 2 is 1.47 bits per heavy atom. The first-order valence-corrected chi connectivity index (χ1v) is 7.70. The molecule has 0 radical (unpaired) electrons. The predicted octanol–water partition coefficient (Wildman–Crippen LogP) is 3.60. The van der Waals surface area contributed by atoms with Crippen LogP contribution in [0.3, 0.4) is 0 Å². The second kappa shape index (κ2) is 15.4. The van der Waals surface area contributed by atoms with Gasteiger partial charge in [0.25, 0.3) is 0 Å². The van der Waals surface area contributed by atoms with E-state index >= 15 is 0 Å². The molecule has 0 fully saturated rings. The number of carbonyl (C=O) groups excluding carboxylic acids is 1. The summed E-state index contributed by atoms with van der Waals surface area (Å²) in [6, 6.07) is 0. The molecule has 0 spiro atoms. The molecule has 4 nitrogen and oxygen atoms in total. The lowest BCUT2D eigenvalue weighted by Gasteiger charge is -2.05. The fraction of sp³-hybridized carbons (Fsp3) is 0.933. The van der Waals surface area contributed by atoms with E-state index in [9.17, 15) is 4.79 Å². The van der Waals surface area contributed by atoms with Crippen LogP contribution in [0.5, 0.6) is 0 Å². The Hall–Kier alpha value is -0.610. The lowest BCUT2D eigenvalue weighted by atomic mass is 10.1. The Morgan fingerprint density at radius 1 is 0.895 bits per heavy atom. The largest absolute Gasteiger partial charge is 0.382 e. The summed E-state index contributed by atoms with van der Waals surface area (Å²) in [5.74, 6) is -0.0287. The van der Waals surface area contributed by atoms with Gasteiger partial charge in [-0.25, -0.2) is 5.48 Å². The molecular weight excluding hydrogens is 242 g/mol. The third kappa shape index (κ3) is 15.3. The topological polar surface area (TPSA) is 47.6 Å². The zero-order valence-corrected chi connectivity index (χ0v) is 12.7. The van der Waals surface area contributed by atoms with Gasteiger partial charge >= 0.3 is 0 Å². The summed E-state index contributed by atoms with van der Waals surface area (Å²) in [6.45, 7) is 3.14. The SMILES string of the molecule is CCCCCCCCCCCC(=O)NOCCOC. The van der Waals surface area contributed by atoms with Gasteiger partial charge in [0.15, 0.2) is 0 Å². The Kier molecular flexibility index (Phi) is 15.0. The minimum absolute atomic E-state index is 0.0287. The fourth-order valence-electron chi connectivity index (χ4n) is 1.90. The molecule has 1 amide bonds. The van der Waals surface area contributed by atoms with Crippen molar-refractivity contribution in [2.75, 3.05) is 20.3 Å². The van der Waals surface area contributed by atoms with Crippen LogP contribution in [0, 0.1) is 0 Å². The molecule has 0 aromatic rings. The van der Waals surface area contributed by atoms with Crippen LogP contribution in [0.15, 0.2) is 0 Å². The highest BCUT2D eigenvalue weighted by atomic mass is 16.7. The summed E-state index contributed by atoms with van der Waals surface area (Å²) < 4.78 is 4.81.